The number of nitrogens with one attached hydrogen (secondary N) is 1. The number of thioether (sulfide) groups is 1. The van der Waals surface area contributed by atoms with Crippen molar-refractivity contribution < 1.29 is 19.0 Å². The summed E-state index contributed by atoms with van der Waals surface area (Å²) in [5.74, 6) is 2.44. The lowest BCUT2D eigenvalue weighted by Gasteiger charge is -2.28. The van der Waals surface area contributed by atoms with Crippen molar-refractivity contribution in [2.24, 2.45) is 0 Å². The highest BCUT2D eigenvalue weighted by Gasteiger charge is 2.35. The summed E-state index contributed by atoms with van der Waals surface area (Å²) in [6.07, 6.45) is 3.98. The summed E-state index contributed by atoms with van der Waals surface area (Å²) in [6, 6.07) is 5.22. The Bertz CT molecular complexity index is 1020. The average molecular weight is 489 g/mol. The van der Waals surface area contributed by atoms with E-state index < -0.39 is 6.04 Å². The second-order valence-electron chi connectivity index (χ2n) is 8.50. The van der Waals surface area contributed by atoms with Crippen LogP contribution in [0.1, 0.15) is 71.9 Å². The number of unbranched alkanes of at least 4 members (excludes halogenated alkanes) is 2. The first-order valence-corrected chi connectivity index (χ1v) is 13.0. The molecule has 8 nitrogen and oxygen atoms in total. The molecule has 1 aliphatic heterocycles. The number of carbonyl (C=O) groups excluding carboxylic acids is 1. The number of nitrogens with zero attached hydrogens (tertiary/aromatic N) is 3. The molecule has 1 atom stereocenters. The van der Waals surface area contributed by atoms with Crippen LogP contribution in [0.25, 0.3) is 0 Å². The van der Waals surface area contributed by atoms with Crippen molar-refractivity contribution in [3.63, 3.8) is 0 Å². The zero-order chi connectivity index (χ0) is 24.7. The van der Waals surface area contributed by atoms with Crippen LogP contribution in [-0.2, 0) is 9.53 Å². The molecule has 9 heteroatoms. The van der Waals surface area contributed by atoms with Crippen molar-refractivity contribution >= 4 is 23.7 Å². The number of ether oxygens (including phenoxy) is 3. The van der Waals surface area contributed by atoms with Gasteiger partial charge in [0.2, 0.25) is 11.1 Å². The standard InChI is InChI=1S/C25H36N4O4S/c1-7-9-13-32-23(30)21-17(5)26-24-27-25(34-14-10-8-2)28-29(24)22(21)18-11-12-19(33-16(3)4)20(15-18)31-6/h11-12,15-16,22H,7-10,13-14H2,1-6H3,(H,26,27,28). The lowest BCUT2D eigenvalue weighted by atomic mass is 9.95. The van der Waals surface area contributed by atoms with E-state index in [1.165, 1.54) is 0 Å². The van der Waals surface area contributed by atoms with Crippen molar-refractivity contribution in [3.05, 3.63) is 35.0 Å². The molecule has 186 valence electrons. The van der Waals surface area contributed by atoms with Gasteiger partial charge in [0.15, 0.2) is 11.5 Å². The highest BCUT2D eigenvalue weighted by Crippen LogP contribution is 2.40. The minimum atomic E-state index is -0.500. The van der Waals surface area contributed by atoms with Crippen LogP contribution >= 0.6 is 11.8 Å². The number of aromatic nitrogens is 3. The summed E-state index contributed by atoms with van der Waals surface area (Å²) in [4.78, 5) is 17.9. The summed E-state index contributed by atoms with van der Waals surface area (Å²) >= 11 is 1.62. The molecular formula is C25H36N4O4S. The number of carbonyl (C=O) groups is 1. The largest absolute Gasteiger partial charge is 0.493 e. The molecule has 1 unspecified atom stereocenters. The van der Waals surface area contributed by atoms with E-state index in [9.17, 15) is 4.79 Å². The van der Waals surface area contributed by atoms with Gasteiger partial charge in [-0.15, -0.1) is 5.10 Å². The third-order valence-corrected chi connectivity index (χ3v) is 6.30. The van der Waals surface area contributed by atoms with Crippen molar-refractivity contribution in [1.29, 1.82) is 0 Å². The molecule has 0 fully saturated rings. The molecule has 2 aromatic rings. The fourth-order valence-electron chi connectivity index (χ4n) is 3.67. The van der Waals surface area contributed by atoms with Gasteiger partial charge in [-0.2, -0.15) is 4.98 Å². The van der Waals surface area contributed by atoms with Gasteiger partial charge in [0.05, 0.1) is 25.4 Å². The predicted octanol–water partition coefficient (Wildman–Crippen LogP) is 5.60. The lowest BCUT2D eigenvalue weighted by molar-refractivity contribution is -0.139. The Morgan fingerprint density at radius 1 is 1.21 bits per heavy atom. The van der Waals surface area contributed by atoms with Crippen LogP contribution in [0.4, 0.5) is 5.95 Å². The quantitative estimate of drug-likeness (QED) is 0.235. The molecule has 34 heavy (non-hydrogen) atoms. The minimum Gasteiger partial charge on any atom is -0.493 e. The van der Waals surface area contributed by atoms with Crippen LogP contribution in [0.5, 0.6) is 11.5 Å². The van der Waals surface area contributed by atoms with Gasteiger partial charge in [0.1, 0.15) is 6.04 Å². The summed E-state index contributed by atoms with van der Waals surface area (Å²) in [6.45, 7) is 10.4. The molecule has 1 N–H and O–H groups in total. The van der Waals surface area contributed by atoms with Gasteiger partial charge >= 0.3 is 5.97 Å². The van der Waals surface area contributed by atoms with Crippen LogP contribution in [0.2, 0.25) is 0 Å². The van der Waals surface area contributed by atoms with Gasteiger partial charge in [0.25, 0.3) is 0 Å². The Balaban J connectivity index is 2.04. The molecule has 2 heterocycles. The molecule has 3 rings (SSSR count). The van der Waals surface area contributed by atoms with Gasteiger partial charge < -0.3 is 19.5 Å². The summed E-state index contributed by atoms with van der Waals surface area (Å²) in [5.41, 5.74) is 2.06. The Kier molecular flexibility index (Phi) is 9.27. The van der Waals surface area contributed by atoms with Gasteiger partial charge in [-0.25, -0.2) is 9.48 Å². The van der Waals surface area contributed by atoms with E-state index in [1.54, 1.807) is 23.6 Å². The Hall–Kier alpha value is -2.68. The molecular weight excluding hydrogens is 452 g/mol. The van der Waals surface area contributed by atoms with Gasteiger partial charge in [-0.1, -0.05) is 44.5 Å². The first-order chi connectivity index (χ1) is 16.4. The number of benzene rings is 1. The molecule has 1 aromatic heterocycles. The van der Waals surface area contributed by atoms with Crippen LogP contribution in [0.15, 0.2) is 34.6 Å². The fourth-order valence-corrected chi connectivity index (χ4v) is 4.58. The number of hydrogen-bond donors (Lipinski definition) is 1. The lowest BCUT2D eigenvalue weighted by Crippen LogP contribution is -2.30. The maximum absolute atomic E-state index is 13.2. The fraction of sp³-hybridized carbons (Fsp3) is 0.560. The van der Waals surface area contributed by atoms with Crippen molar-refractivity contribution in [2.75, 3.05) is 24.8 Å². The highest BCUT2D eigenvalue weighted by molar-refractivity contribution is 7.99. The van der Waals surface area contributed by atoms with Crippen LogP contribution in [0.3, 0.4) is 0 Å². The van der Waals surface area contributed by atoms with Crippen LogP contribution < -0.4 is 14.8 Å². The zero-order valence-corrected chi connectivity index (χ0v) is 21.8. The van der Waals surface area contributed by atoms with Crippen molar-refractivity contribution in [3.8, 4) is 11.5 Å². The first kappa shape index (κ1) is 25.9. The minimum absolute atomic E-state index is 0.00879. The van der Waals surface area contributed by atoms with Gasteiger partial charge in [-0.3, -0.25) is 0 Å². The Morgan fingerprint density at radius 3 is 2.65 bits per heavy atom. The number of allylic oxidation sites excluding steroid dienone is 1. The van der Waals surface area contributed by atoms with Gasteiger partial charge in [0, 0.05) is 11.4 Å². The third-order valence-electron chi connectivity index (χ3n) is 5.38. The van der Waals surface area contributed by atoms with E-state index in [0.29, 0.717) is 40.5 Å². The number of anilines is 1. The summed E-state index contributed by atoms with van der Waals surface area (Å²) in [7, 11) is 1.61. The number of hydrogen-bond acceptors (Lipinski definition) is 8. The van der Waals surface area contributed by atoms with E-state index >= 15 is 0 Å². The molecule has 0 saturated heterocycles. The maximum atomic E-state index is 13.2. The third kappa shape index (κ3) is 6.05. The molecule has 0 bridgehead atoms. The summed E-state index contributed by atoms with van der Waals surface area (Å²) in [5, 5.41) is 8.70. The predicted molar refractivity (Wildman–Crippen MR) is 135 cm³/mol. The number of esters is 1. The summed E-state index contributed by atoms with van der Waals surface area (Å²) < 4.78 is 18.9. The van der Waals surface area contributed by atoms with Crippen molar-refractivity contribution in [1.82, 2.24) is 14.8 Å². The van der Waals surface area contributed by atoms with Crippen LogP contribution in [0, 0.1) is 0 Å². The second-order valence-corrected chi connectivity index (χ2v) is 9.56. The zero-order valence-electron chi connectivity index (χ0n) is 21.0. The van der Waals surface area contributed by atoms with Gasteiger partial charge in [-0.05, 0) is 51.3 Å². The van der Waals surface area contributed by atoms with E-state index in [0.717, 1.165) is 37.0 Å². The molecule has 0 radical (unpaired) electrons. The van der Waals surface area contributed by atoms with E-state index in [4.69, 9.17) is 19.3 Å². The smallest absolute Gasteiger partial charge is 0.338 e. The number of rotatable bonds is 12. The Labute approximate surface area is 206 Å². The SMILES string of the molecule is CCCCOC(=O)C1=C(C)Nc2nc(SCCCC)nn2C1c1ccc(OC(C)C)c(OC)c1. The monoisotopic (exact) mass is 488 g/mol. The number of methoxy groups -OCH3 is 1. The Morgan fingerprint density at radius 2 is 1.97 bits per heavy atom. The molecule has 0 aliphatic carbocycles. The average Bonchev–Trinajstić information content (AvgIpc) is 3.20. The topological polar surface area (TPSA) is 87.5 Å². The molecule has 0 spiro atoms. The molecule has 1 aromatic carbocycles. The van der Waals surface area contributed by atoms with E-state index in [-0.39, 0.29) is 12.1 Å². The number of fused-ring (bicyclic) bond motifs is 1. The maximum Gasteiger partial charge on any atom is 0.338 e. The molecule has 1 aliphatic rings. The first-order valence-electron chi connectivity index (χ1n) is 12.0. The van der Waals surface area contributed by atoms with E-state index in [2.05, 4.69) is 24.1 Å². The van der Waals surface area contributed by atoms with Crippen molar-refractivity contribution in [2.45, 2.75) is 77.6 Å². The second kappa shape index (κ2) is 12.1. The van der Waals surface area contributed by atoms with E-state index in [1.807, 2.05) is 39.0 Å². The van der Waals surface area contributed by atoms with Crippen LogP contribution in [-0.4, -0.2) is 46.3 Å². The molecule has 0 saturated carbocycles. The molecule has 0 amide bonds. The normalized spacial score (nSPS) is 15.2. The highest BCUT2D eigenvalue weighted by atomic mass is 32.2.